The molecule has 1 heterocycles. The highest BCUT2D eigenvalue weighted by Crippen LogP contribution is 2.37. The van der Waals surface area contributed by atoms with Crippen molar-refractivity contribution in [3.05, 3.63) is 204 Å². The van der Waals surface area contributed by atoms with Gasteiger partial charge in [0, 0.05) is 13.2 Å². The molecule has 6 aromatic rings. The summed E-state index contributed by atoms with van der Waals surface area (Å²) in [5.41, 5.74) is 0.939. The fourth-order valence-electron chi connectivity index (χ4n) is 9.11. The Bertz CT molecular complexity index is 2540. The van der Waals surface area contributed by atoms with E-state index in [0.29, 0.717) is 18.6 Å². The minimum Gasteiger partial charge on any atom is -0.459 e. The molecule has 0 amide bonds. The van der Waals surface area contributed by atoms with Crippen LogP contribution < -0.4 is 10.4 Å². The second-order valence-electron chi connectivity index (χ2n) is 18.9. The monoisotopic (exact) mass is 990 g/mol. The van der Waals surface area contributed by atoms with Crippen LogP contribution in [0, 0.1) is 0 Å². The quantitative estimate of drug-likeness (QED) is 0.0248. The lowest BCUT2D eigenvalue weighted by Gasteiger charge is -2.44. The minimum absolute atomic E-state index is 0.0637. The molecule has 5 atom stereocenters. The van der Waals surface area contributed by atoms with E-state index in [4.69, 9.17) is 32.8 Å². The summed E-state index contributed by atoms with van der Waals surface area (Å²) in [7, 11) is -2.57. The first kappa shape index (κ1) is 53.1. The van der Waals surface area contributed by atoms with E-state index in [1.165, 1.54) is 10.4 Å². The SMILES string of the molecule is CC(C)(C)[Si](OCCCCCCCCCCO[C@@H]1O[C@H](COC(=O)c2ccccc2)[C@@H](OC(=O)c2ccccc2)[C@H](OC(=O)c2ccccc2)[C@H]1OC(=O)c1ccccc1)(c1ccccc1)c1ccccc1. The first-order chi connectivity index (χ1) is 35.0. The van der Waals surface area contributed by atoms with E-state index in [0.717, 1.165) is 44.9 Å². The van der Waals surface area contributed by atoms with Crippen LogP contribution in [-0.2, 0) is 32.8 Å². The number of carbonyl (C=O) groups excluding carboxylic acids is 4. The number of esters is 4. The van der Waals surface area contributed by atoms with Gasteiger partial charge in [-0.1, -0.05) is 193 Å². The molecule has 1 aliphatic rings. The van der Waals surface area contributed by atoms with Gasteiger partial charge in [-0.15, -0.1) is 0 Å². The van der Waals surface area contributed by atoms with Crippen molar-refractivity contribution < 1.29 is 52.0 Å². The Kier molecular flexibility index (Phi) is 19.7. The molecule has 7 rings (SSSR count). The highest BCUT2D eigenvalue weighted by molar-refractivity contribution is 6.99. The Morgan fingerprint density at radius 1 is 0.431 bits per heavy atom. The van der Waals surface area contributed by atoms with Crippen LogP contribution in [0.4, 0.5) is 0 Å². The number of hydrogen-bond donors (Lipinski definition) is 0. The van der Waals surface area contributed by atoms with Crippen molar-refractivity contribution in [3.63, 3.8) is 0 Å². The van der Waals surface area contributed by atoms with Crippen LogP contribution in [0.5, 0.6) is 0 Å². The van der Waals surface area contributed by atoms with E-state index in [1.807, 2.05) is 0 Å². The van der Waals surface area contributed by atoms with E-state index in [9.17, 15) is 19.2 Å². The number of unbranched alkanes of at least 4 members (excludes halogenated alkanes) is 7. The van der Waals surface area contributed by atoms with E-state index < -0.39 is 69.5 Å². The molecule has 376 valence electrons. The molecule has 0 aromatic heterocycles. The summed E-state index contributed by atoms with van der Waals surface area (Å²) < 4.78 is 44.3. The molecule has 0 N–H and O–H groups in total. The molecule has 1 saturated heterocycles. The van der Waals surface area contributed by atoms with Gasteiger partial charge in [0.15, 0.2) is 24.6 Å². The van der Waals surface area contributed by atoms with Crippen LogP contribution in [-0.4, -0.2) is 82.7 Å². The van der Waals surface area contributed by atoms with Gasteiger partial charge in [-0.3, -0.25) is 0 Å². The molecule has 0 aliphatic carbocycles. The molecule has 11 nitrogen and oxygen atoms in total. The maximum Gasteiger partial charge on any atom is 0.338 e. The standard InChI is InChI=1S/C60H66O11Si/c1-60(2,3)72(49-38-24-14-25-39-49,50-40-26-15-27-41-50)67-43-29-9-7-5-4-6-8-28-42-65-59-54(71-58(64)48-36-22-13-23-37-48)53(70-57(63)47-34-20-12-21-35-47)52(69-56(62)46-32-18-11-19-33-46)51(68-59)44-66-55(61)45-30-16-10-17-31-45/h10-27,30-41,51-54,59H,4-9,28-29,42-44H2,1-3H3/t51-,52-,53+,54-,59-/m1/s1. The Morgan fingerprint density at radius 3 is 1.19 bits per heavy atom. The van der Waals surface area contributed by atoms with Crippen LogP contribution in [0.2, 0.25) is 5.04 Å². The molecule has 0 saturated carbocycles. The van der Waals surface area contributed by atoms with Crippen molar-refractivity contribution >= 4 is 42.6 Å². The third-order valence-electron chi connectivity index (χ3n) is 12.8. The van der Waals surface area contributed by atoms with Gasteiger partial charge in [0.1, 0.15) is 12.7 Å². The number of hydrogen-bond acceptors (Lipinski definition) is 11. The first-order valence-corrected chi connectivity index (χ1v) is 27.0. The average Bonchev–Trinajstić information content (AvgIpc) is 3.41. The molecule has 0 spiro atoms. The first-order valence-electron chi connectivity index (χ1n) is 25.1. The van der Waals surface area contributed by atoms with Gasteiger partial charge >= 0.3 is 23.9 Å². The van der Waals surface area contributed by atoms with Crippen molar-refractivity contribution in [2.75, 3.05) is 19.8 Å². The van der Waals surface area contributed by atoms with Gasteiger partial charge in [0.2, 0.25) is 0 Å². The molecule has 0 radical (unpaired) electrons. The van der Waals surface area contributed by atoms with Crippen LogP contribution in [0.3, 0.4) is 0 Å². The lowest BCUT2D eigenvalue weighted by Crippen LogP contribution is -2.66. The topological polar surface area (TPSA) is 133 Å². The summed E-state index contributed by atoms with van der Waals surface area (Å²) in [6, 6.07) is 54.8. The summed E-state index contributed by atoms with van der Waals surface area (Å²) in [6.07, 6.45) is 0.871. The summed E-state index contributed by atoms with van der Waals surface area (Å²) in [6.45, 7) is 7.39. The molecule has 72 heavy (non-hydrogen) atoms. The lowest BCUT2D eigenvalue weighted by atomic mass is 9.97. The van der Waals surface area contributed by atoms with Gasteiger partial charge in [-0.25, -0.2) is 19.2 Å². The molecule has 12 heteroatoms. The average molecular weight is 991 g/mol. The van der Waals surface area contributed by atoms with Gasteiger partial charge in [0.05, 0.1) is 22.3 Å². The smallest absolute Gasteiger partial charge is 0.338 e. The van der Waals surface area contributed by atoms with E-state index in [-0.39, 0.29) is 28.3 Å². The van der Waals surface area contributed by atoms with E-state index in [1.54, 1.807) is 121 Å². The van der Waals surface area contributed by atoms with Crippen molar-refractivity contribution in [1.29, 1.82) is 0 Å². The number of rotatable bonds is 24. The minimum atomic E-state index is -2.57. The van der Waals surface area contributed by atoms with Gasteiger partial charge in [-0.05, 0) is 76.8 Å². The molecule has 0 bridgehead atoms. The Hall–Kier alpha value is -6.70. The van der Waals surface area contributed by atoms with Gasteiger partial charge < -0.3 is 32.8 Å². The lowest BCUT2D eigenvalue weighted by molar-refractivity contribution is -0.298. The summed E-state index contributed by atoms with van der Waals surface area (Å²) in [5, 5.41) is 2.51. The predicted molar refractivity (Wildman–Crippen MR) is 279 cm³/mol. The van der Waals surface area contributed by atoms with E-state index >= 15 is 0 Å². The summed E-state index contributed by atoms with van der Waals surface area (Å²) in [4.78, 5) is 55.0. The summed E-state index contributed by atoms with van der Waals surface area (Å²) >= 11 is 0. The number of benzene rings is 6. The molecular formula is C60H66O11Si. The number of ether oxygens (including phenoxy) is 6. The maximum absolute atomic E-state index is 13.9. The second-order valence-corrected chi connectivity index (χ2v) is 23.2. The summed E-state index contributed by atoms with van der Waals surface area (Å²) in [5.74, 6) is -2.92. The third-order valence-corrected chi connectivity index (χ3v) is 17.8. The predicted octanol–water partition coefficient (Wildman–Crippen LogP) is 11.0. The Morgan fingerprint density at radius 2 is 0.778 bits per heavy atom. The van der Waals surface area contributed by atoms with Crippen LogP contribution in [0.25, 0.3) is 0 Å². The van der Waals surface area contributed by atoms with Crippen LogP contribution in [0.15, 0.2) is 182 Å². The van der Waals surface area contributed by atoms with Crippen molar-refractivity contribution in [2.24, 2.45) is 0 Å². The maximum atomic E-state index is 13.9. The highest BCUT2D eigenvalue weighted by Gasteiger charge is 2.54. The second kappa shape index (κ2) is 26.7. The normalized spacial score (nSPS) is 17.8. The largest absolute Gasteiger partial charge is 0.459 e. The van der Waals surface area contributed by atoms with Crippen LogP contribution >= 0.6 is 0 Å². The molecule has 6 aromatic carbocycles. The molecule has 0 unspecified atom stereocenters. The fraction of sp³-hybridized carbons (Fsp3) is 0.333. The molecule has 1 fully saturated rings. The highest BCUT2D eigenvalue weighted by atomic mass is 28.4. The zero-order chi connectivity index (χ0) is 50.6. The zero-order valence-electron chi connectivity index (χ0n) is 41.5. The molecule has 1 aliphatic heterocycles. The van der Waals surface area contributed by atoms with Crippen molar-refractivity contribution in [1.82, 2.24) is 0 Å². The number of carbonyl (C=O) groups is 4. The third kappa shape index (κ3) is 14.2. The van der Waals surface area contributed by atoms with Crippen LogP contribution in [0.1, 0.15) is 114 Å². The van der Waals surface area contributed by atoms with Crippen molar-refractivity contribution in [3.8, 4) is 0 Å². The van der Waals surface area contributed by atoms with Gasteiger partial charge in [-0.2, -0.15) is 0 Å². The zero-order valence-corrected chi connectivity index (χ0v) is 42.5. The Labute approximate surface area is 424 Å². The van der Waals surface area contributed by atoms with Gasteiger partial charge in [0.25, 0.3) is 8.32 Å². The fourth-order valence-corrected chi connectivity index (χ4v) is 13.7. The Balaban J connectivity index is 1.01. The van der Waals surface area contributed by atoms with Crippen molar-refractivity contribution in [2.45, 2.75) is 108 Å². The molecular weight excluding hydrogens is 925 g/mol. The van der Waals surface area contributed by atoms with E-state index in [2.05, 4.69) is 81.4 Å².